The van der Waals surface area contributed by atoms with Crippen molar-refractivity contribution in [1.82, 2.24) is 0 Å². The van der Waals surface area contributed by atoms with Crippen molar-refractivity contribution < 1.29 is 0 Å². The van der Waals surface area contributed by atoms with Gasteiger partial charge in [-0.05, 0) is 42.0 Å². The Morgan fingerprint density at radius 1 is 1.08 bits per heavy atom. The maximum absolute atomic E-state index is 2.24. The maximum atomic E-state index is 2.24. The molecule has 0 aliphatic heterocycles. The SMILES string of the molecule is Cc1csc(-c2ccccc2C)c1. The fourth-order valence-corrected chi connectivity index (χ4v) is 2.41. The Kier molecular flexibility index (Phi) is 2.19. The Balaban J connectivity index is 2.52. The topological polar surface area (TPSA) is 0 Å². The molecule has 1 aromatic heterocycles. The average Bonchev–Trinajstić information content (AvgIpc) is 2.53. The summed E-state index contributed by atoms with van der Waals surface area (Å²) in [5.74, 6) is 0. The van der Waals surface area contributed by atoms with Gasteiger partial charge in [-0.3, -0.25) is 0 Å². The van der Waals surface area contributed by atoms with E-state index in [2.05, 4.69) is 49.6 Å². The fourth-order valence-electron chi connectivity index (χ4n) is 1.42. The van der Waals surface area contributed by atoms with Crippen molar-refractivity contribution in [2.75, 3.05) is 0 Å². The van der Waals surface area contributed by atoms with Crippen LogP contribution in [0.3, 0.4) is 0 Å². The van der Waals surface area contributed by atoms with Crippen LogP contribution in [0.4, 0.5) is 0 Å². The summed E-state index contributed by atoms with van der Waals surface area (Å²) in [7, 11) is 0. The first-order chi connectivity index (χ1) is 6.27. The third-order valence-electron chi connectivity index (χ3n) is 2.14. The van der Waals surface area contributed by atoms with Crippen LogP contribution in [0.15, 0.2) is 35.7 Å². The molecule has 0 fully saturated rings. The van der Waals surface area contributed by atoms with Crippen molar-refractivity contribution >= 4 is 11.3 Å². The van der Waals surface area contributed by atoms with Crippen LogP contribution in [0.2, 0.25) is 0 Å². The van der Waals surface area contributed by atoms with Crippen LogP contribution in [0, 0.1) is 13.8 Å². The lowest BCUT2D eigenvalue weighted by Gasteiger charge is -2.00. The Bertz CT molecular complexity index is 413. The molecule has 1 heterocycles. The van der Waals surface area contributed by atoms with Crippen molar-refractivity contribution in [2.24, 2.45) is 0 Å². The lowest BCUT2D eigenvalue weighted by molar-refractivity contribution is 1.47. The molecule has 0 spiro atoms. The summed E-state index contributed by atoms with van der Waals surface area (Å²) in [6.07, 6.45) is 0. The van der Waals surface area contributed by atoms with E-state index in [1.165, 1.54) is 21.6 Å². The highest BCUT2D eigenvalue weighted by Crippen LogP contribution is 2.28. The molecule has 0 amide bonds. The molecule has 0 nitrogen and oxygen atoms in total. The molecule has 2 aromatic rings. The van der Waals surface area contributed by atoms with E-state index in [1.54, 1.807) is 0 Å². The van der Waals surface area contributed by atoms with Gasteiger partial charge < -0.3 is 0 Å². The first-order valence-corrected chi connectivity index (χ1v) is 5.26. The van der Waals surface area contributed by atoms with Gasteiger partial charge in [0.2, 0.25) is 0 Å². The van der Waals surface area contributed by atoms with Crippen LogP contribution >= 0.6 is 11.3 Å². The Morgan fingerprint density at radius 3 is 2.46 bits per heavy atom. The zero-order valence-corrected chi connectivity index (χ0v) is 8.69. The van der Waals surface area contributed by atoms with Gasteiger partial charge in [0.05, 0.1) is 0 Å². The Morgan fingerprint density at radius 2 is 1.85 bits per heavy atom. The monoisotopic (exact) mass is 188 g/mol. The first-order valence-electron chi connectivity index (χ1n) is 4.38. The minimum atomic E-state index is 1.35. The molecule has 0 unspecified atom stereocenters. The van der Waals surface area contributed by atoms with Crippen molar-refractivity contribution in [3.05, 3.63) is 46.8 Å². The van der Waals surface area contributed by atoms with E-state index in [1.807, 2.05) is 11.3 Å². The van der Waals surface area contributed by atoms with Gasteiger partial charge in [-0.2, -0.15) is 0 Å². The van der Waals surface area contributed by atoms with Crippen LogP contribution in [0.25, 0.3) is 10.4 Å². The lowest BCUT2D eigenvalue weighted by Crippen LogP contribution is -1.77. The standard InChI is InChI=1S/C12H12S/c1-9-7-12(13-8-9)11-6-4-3-5-10(11)2/h3-8H,1-2H3. The molecular weight excluding hydrogens is 176 g/mol. The molecule has 0 aliphatic rings. The molecular formula is C12H12S. The highest BCUT2D eigenvalue weighted by molar-refractivity contribution is 7.13. The van der Waals surface area contributed by atoms with E-state index in [0.717, 1.165) is 0 Å². The molecule has 13 heavy (non-hydrogen) atoms. The number of benzene rings is 1. The lowest BCUT2D eigenvalue weighted by atomic mass is 10.1. The van der Waals surface area contributed by atoms with E-state index in [-0.39, 0.29) is 0 Å². The van der Waals surface area contributed by atoms with E-state index >= 15 is 0 Å². The molecule has 0 bridgehead atoms. The van der Waals surface area contributed by atoms with Gasteiger partial charge in [-0.1, -0.05) is 24.3 Å². The van der Waals surface area contributed by atoms with E-state index in [9.17, 15) is 0 Å². The van der Waals surface area contributed by atoms with Crippen molar-refractivity contribution in [3.8, 4) is 10.4 Å². The van der Waals surface area contributed by atoms with Gasteiger partial charge in [0.1, 0.15) is 0 Å². The number of thiophene rings is 1. The second kappa shape index (κ2) is 3.35. The predicted molar refractivity (Wildman–Crippen MR) is 59.2 cm³/mol. The molecule has 0 radical (unpaired) electrons. The molecule has 0 saturated heterocycles. The fraction of sp³-hybridized carbons (Fsp3) is 0.167. The van der Waals surface area contributed by atoms with Gasteiger partial charge in [0.15, 0.2) is 0 Å². The number of hydrogen-bond donors (Lipinski definition) is 0. The van der Waals surface area contributed by atoms with Crippen LogP contribution < -0.4 is 0 Å². The van der Waals surface area contributed by atoms with Crippen LogP contribution in [-0.2, 0) is 0 Å². The summed E-state index contributed by atoms with van der Waals surface area (Å²) in [6.45, 7) is 4.29. The molecule has 0 N–H and O–H groups in total. The molecule has 1 heteroatoms. The van der Waals surface area contributed by atoms with Crippen molar-refractivity contribution in [1.29, 1.82) is 0 Å². The summed E-state index contributed by atoms with van der Waals surface area (Å²) in [4.78, 5) is 1.37. The van der Waals surface area contributed by atoms with Crippen molar-refractivity contribution in [2.45, 2.75) is 13.8 Å². The molecule has 2 rings (SSSR count). The average molecular weight is 188 g/mol. The third kappa shape index (κ3) is 1.65. The van der Waals surface area contributed by atoms with Crippen LogP contribution in [-0.4, -0.2) is 0 Å². The molecule has 0 atom stereocenters. The maximum Gasteiger partial charge on any atom is 0.0348 e. The largest absolute Gasteiger partial charge is 0.144 e. The number of aryl methyl sites for hydroxylation is 2. The van der Waals surface area contributed by atoms with Gasteiger partial charge in [0.25, 0.3) is 0 Å². The van der Waals surface area contributed by atoms with Crippen LogP contribution in [0.1, 0.15) is 11.1 Å². The summed E-state index contributed by atoms with van der Waals surface area (Å²) in [5, 5.41) is 2.20. The summed E-state index contributed by atoms with van der Waals surface area (Å²) >= 11 is 1.82. The first kappa shape index (κ1) is 8.52. The smallest absolute Gasteiger partial charge is 0.0348 e. The Hall–Kier alpha value is -1.08. The van der Waals surface area contributed by atoms with Gasteiger partial charge in [-0.25, -0.2) is 0 Å². The van der Waals surface area contributed by atoms with E-state index < -0.39 is 0 Å². The van der Waals surface area contributed by atoms with Crippen molar-refractivity contribution in [3.63, 3.8) is 0 Å². The van der Waals surface area contributed by atoms with E-state index in [0.29, 0.717) is 0 Å². The van der Waals surface area contributed by atoms with E-state index in [4.69, 9.17) is 0 Å². The minimum Gasteiger partial charge on any atom is -0.144 e. The summed E-state index contributed by atoms with van der Waals surface area (Å²) in [6, 6.07) is 10.8. The zero-order valence-electron chi connectivity index (χ0n) is 7.87. The second-order valence-corrected chi connectivity index (χ2v) is 4.21. The molecule has 66 valence electrons. The minimum absolute atomic E-state index is 1.35. The van der Waals surface area contributed by atoms with Gasteiger partial charge >= 0.3 is 0 Å². The summed E-state index contributed by atoms with van der Waals surface area (Å²) in [5.41, 5.74) is 4.06. The molecule has 0 saturated carbocycles. The Labute approximate surface area is 82.9 Å². The highest BCUT2D eigenvalue weighted by Gasteiger charge is 2.01. The summed E-state index contributed by atoms with van der Waals surface area (Å²) < 4.78 is 0. The normalized spacial score (nSPS) is 10.3. The highest BCUT2D eigenvalue weighted by atomic mass is 32.1. The zero-order chi connectivity index (χ0) is 9.26. The molecule has 1 aromatic carbocycles. The van der Waals surface area contributed by atoms with Crippen LogP contribution in [0.5, 0.6) is 0 Å². The number of hydrogen-bond acceptors (Lipinski definition) is 1. The quantitative estimate of drug-likeness (QED) is 0.633. The second-order valence-electron chi connectivity index (χ2n) is 3.30. The van der Waals surface area contributed by atoms with Gasteiger partial charge in [0, 0.05) is 4.88 Å². The third-order valence-corrected chi connectivity index (χ3v) is 3.22. The predicted octanol–water partition coefficient (Wildman–Crippen LogP) is 4.03. The molecule has 0 aliphatic carbocycles. The number of rotatable bonds is 1. The van der Waals surface area contributed by atoms with Gasteiger partial charge in [-0.15, -0.1) is 11.3 Å².